The van der Waals surface area contributed by atoms with Crippen LogP contribution in [0.25, 0.3) is 5.52 Å². The van der Waals surface area contributed by atoms with Crippen molar-refractivity contribution in [3.63, 3.8) is 0 Å². The molecule has 2 heterocycles. The zero-order valence-electron chi connectivity index (χ0n) is 11.3. The number of nitrogens with zero attached hydrogens (tertiary/aromatic N) is 2. The molecule has 0 saturated heterocycles. The average Bonchev–Trinajstić information content (AvgIpc) is 2.77. The third-order valence-electron chi connectivity index (χ3n) is 3.21. The maximum absolute atomic E-state index is 5.24. The summed E-state index contributed by atoms with van der Waals surface area (Å²) in [6.45, 7) is 5.95. The molecule has 0 fully saturated rings. The van der Waals surface area contributed by atoms with Crippen LogP contribution in [0.5, 0.6) is 0 Å². The monoisotopic (exact) mass is 247 g/mol. The van der Waals surface area contributed by atoms with Gasteiger partial charge in [0.05, 0.1) is 18.3 Å². The van der Waals surface area contributed by atoms with Crippen molar-refractivity contribution in [1.82, 2.24) is 14.9 Å². The third kappa shape index (κ3) is 2.89. The second-order valence-corrected chi connectivity index (χ2v) is 4.89. The first-order valence-electron chi connectivity index (χ1n) is 6.36. The molecule has 0 aliphatic heterocycles. The highest BCUT2D eigenvalue weighted by Gasteiger charge is 2.13. The minimum absolute atomic E-state index is 0.369. The van der Waals surface area contributed by atoms with Gasteiger partial charge in [0.25, 0.3) is 0 Å². The molecule has 2 aromatic rings. The van der Waals surface area contributed by atoms with E-state index in [9.17, 15) is 0 Å². The van der Waals surface area contributed by atoms with Crippen molar-refractivity contribution >= 4 is 5.52 Å². The number of methoxy groups -OCH3 is 1. The second-order valence-electron chi connectivity index (χ2n) is 4.89. The van der Waals surface area contributed by atoms with Gasteiger partial charge in [-0.3, -0.25) is 0 Å². The van der Waals surface area contributed by atoms with Gasteiger partial charge in [-0.15, -0.1) is 0 Å². The molecule has 2 aromatic heterocycles. The van der Waals surface area contributed by atoms with Gasteiger partial charge in [-0.25, -0.2) is 4.52 Å². The summed E-state index contributed by atoms with van der Waals surface area (Å²) in [5, 5.41) is 7.87. The number of pyridine rings is 1. The average molecular weight is 247 g/mol. The largest absolute Gasteiger partial charge is 0.383 e. The molecule has 0 spiro atoms. The molecule has 0 saturated carbocycles. The van der Waals surface area contributed by atoms with Gasteiger partial charge >= 0.3 is 0 Å². The van der Waals surface area contributed by atoms with Crippen LogP contribution in [0.1, 0.15) is 19.4 Å². The fraction of sp³-hybridized carbons (Fsp3) is 0.500. The predicted molar refractivity (Wildman–Crippen MR) is 72.5 cm³/mol. The molecule has 0 bridgehead atoms. The Labute approximate surface area is 108 Å². The van der Waals surface area contributed by atoms with Crippen molar-refractivity contribution in [2.45, 2.75) is 26.4 Å². The molecule has 1 atom stereocenters. The van der Waals surface area contributed by atoms with Gasteiger partial charge in [0.1, 0.15) is 0 Å². The highest BCUT2D eigenvalue weighted by atomic mass is 16.5. The van der Waals surface area contributed by atoms with Crippen molar-refractivity contribution in [2.24, 2.45) is 5.92 Å². The van der Waals surface area contributed by atoms with E-state index < -0.39 is 0 Å². The van der Waals surface area contributed by atoms with Crippen molar-refractivity contribution in [1.29, 1.82) is 0 Å². The molecule has 4 nitrogen and oxygen atoms in total. The maximum atomic E-state index is 5.24. The Morgan fingerprint density at radius 2 is 2.22 bits per heavy atom. The lowest BCUT2D eigenvalue weighted by molar-refractivity contribution is 0.146. The fourth-order valence-electron chi connectivity index (χ4n) is 2.03. The van der Waals surface area contributed by atoms with Crippen molar-refractivity contribution in [3.8, 4) is 0 Å². The molecule has 1 N–H and O–H groups in total. The van der Waals surface area contributed by atoms with Crippen LogP contribution in [0.15, 0.2) is 30.6 Å². The van der Waals surface area contributed by atoms with Crippen LogP contribution in [0.3, 0.4) is 0 Å². The molecule has 4 heteroatoms. The van der Waals surface area contributed by atoms with E-state index >= 15 is 0 Å². The Morgan fingerprint density at radius 3 is 2.94 bits per heavy atom. The normalized spacial score (nSPS) is 13.3. The number of nitrogens with one attached hydrogen (secondary N) is 1. The summed E-state index contributed by atoms with van der Waals surface area (Å²) >= 11 is 0. The first-order valence-corrected chi connectivity index (χ1v) is 6.36. The van der Waals surface area contributed by atoms with E-state index in [1.54, 1.807) is 7.11 Å². The van der Waals surface area contributed by atoms with E-state index in [0.29, 0.717) is 12.0 Å². The smallest absolute Gasteiger partial charge is 0.0706 e. The molecule has 0 aliphatic carbocycles. The Hall–Kier alpha value is -1.39. The van der Waals surface area contributed by atoms with E-state index in [0.717, 1.165) is 18.7 Å². The number of rotatable bonds is 6. The Kier molecular flexibility index (Phi) is 4.33. The lowest BCUT2D eigenvalue weighted by Crippen LogP contribution is -2.37. The number of aromatic nitrogens is 2. The standard InChI is InChI=1S/C14H21N3O/c1-11(2)13(10-18-3)15-8-12-9-16-17-7-5-4-6-14(12)17/h4-7,9,11,13,15H,8,10H2,1-3H3. The van der Waals surface area contributed by atoms with Gasteiger partial charge in [0.15, 0.2) is 0 Å². The first-order chi connectivity index (χ1) is 8.72. The van der Waals surface area contributed by atoms with E-state index in [-0.39, 0.29) is 0 Å². The Balaban J connectivity index is 2.05. The first kappa shape index (κ1) is 13.1. The minimum atomic E-state index is 0.369. The van der Waals surface area contributed by atoms with E-state index in [1.807, 2.05) is 29.0 Å². The molecular weight excluding hydrogens is 226 g/mol. The molecular formula is C14H21N3O. The molecule has 2 rings (SSSR count). The molecule has 18 heavy (non-hydrogen) atoms. The summed E-state index contributed by atoms with van der Waals surface area (Å²) in [6.07, 6.45) is 3.89. The molecule has 0 radical (unpaired) electrons. The number of hydrogen-bond acceptors (Lipinski definition) is 3. The predicted octanol–water partition coefficient (Wildman–Crippen LogP) is 2.09. The maximum Gasteiger partial charge on any atom is 0.0706 e. The lowest BCUT2D eigenvalue weighted by atomic mass is 10.1. The topological polar surface area (TPSA) is 38.6 Å². The summed E-state index contributed by atoms with van der Waals surface area (Å²) in [6, 6.07) is 6.48. The van der Waals surface area contributed by atoms with Gasteiger partial charge in [-0.05, 0) is 18.1 Å². The highest BCUT2D eigenvalue weighted by molar-refractivity contribution is 5.53. The van der Waals surface area contributed by atoms with Gasteiger partial charge in [0.2, 0.25) is 0 Å². The summed E-state index contributed by atoms with van der Waals surface area (Å²) in [5.41, 5.74) is 2.38. The fourth-order valence-corrected chi connectivity index (χ4v) is 2.03. The summed E-state index contributed by atoms with van der Waals surface area (Å²) in [4.78, 5) is 0. The third-order valence-corrected chi connectivity index (χ3v) is 3.21. The quantitative estimate of drug-likeness (QED) is 0.849. The zero-order valence-corrected chi connectivity index (χ0v) is 11.3. The van der Waals surface area contributed by atoms with Crippen LogP contribution in [-0.4, -0.2) is 29.4 Å². The molecule has 0 amide bonds. The summed E-state index contributed by atoms with van der Waals surface area (Å²) in [7, 11) is 1.74. The SMILES string of the molecule is COCC(NCc1cnn2ccccc12)C(C)C. The van der Waals surface area contributed by atoms with Crippen LogP contribution in [0.2, 0.25) is 0 Å². The van der Waals surface area contributed by atoms with Gasteiger partial charge in [-0.1, -0.05) is 19.9 Å². The van der Waals surface area contributed by atoms with Gasteiger partial charge < -0.3 is 10.1 Å². The summed E-state index contributed by atoms with van der Waals surface area (Å²) in [5.74, 6) is 0.548. The van der Waals surface area contributed by atoms with Crippen molar-refractivity contribution in [2.75, 3.05) is 13.7 Å². The highest BCUT2D eigenvalue weighted by Crippen LogP contribution is 2.11. The summed E-state index contributed by atoms with van der Waals surface area (Å²) < 4.78 is 7.14. The molecule has 0 aliphatic rings. The van der Waals surface area contributed by atoms with Gasteiger partial charge in [-0.2, -0.15) is 5.10 Å². The number of hydrogen-bond donors (Lipinski definition) is 1. The van der Waals surface area contributed by atoms with Crippen LogP contribution < -0.4 is 5.32 Å². The van der Waals surface area contributed by atoms with Crippen molar-refractivity contribution in [3.05, 3.63) is 36.2 Å². The molecule has 1 unspecified atom stereocenters. The minimum Gasteiger partial charge on any atom is -0.383 e. The number of fused-ring (bicyclic) bond motifs is 1. The Bertz CT molecular complexity index is 492. The lowest BCUT2D eigenvalue weighted by Gasteiger charge is -2.21. The molecule has 98 valence electrons. The van der Waals surface area contributed by atoms with Crippen LogP contribution >= 0.6 is 0 Å². The number of ether oxygens (including phenoxy) is 1. The zero-order chi connectivity index (χ0) is 13.0. The van der Waals surface area contributed by atoms with Gasteiger partial charge in [0, 0.05) is 31.5 Å². The van der Waals surface area contributed by atoms with E-state index in [2.05, 4.69) is 30.3 Å². The second kappa shape index (κ2) is 5.98. The van der Waals surface area contributed by atoms with Crippen LogP contribution in [0, 0.1) is 5.92 Å². The van der Waals surface area contributed by atoms with E-state index in [1.165, 1.54) is 5.56 Å². The van der Waals surface area contributed by atoms with Crippen molar-refractivity contribution < 1.29 is 4.74 Å². The van der Waals surface area contributed by atoms with Crippen LogP contribution in [-0.2, 0) is 11.3 Å². The molecule has 0 aromatic carbocycles. The van der Waals surface area contributed by atoms with E-state index in [4.69, 9.17) is 4.74 Å². The Morgan fingerprint density at radius 1 is 1.39 bits per heavy atom. The van der Waals surface area contributed by atoms with Crippen LogP contribution in [0.4, 0.5) is 0 Å².